The fourth-order valence-electron chi connectivity index (χ4n) is 13.2. The predicted molar refractivity (Wildman–Crippen MR) is 346 cm³/mol. The van der Waals surface area contributed by atoms with Gasteiger partial charge in [0.1, 0.15) is 0 Å². The van der Waals surface area contributed by atoms with Gasteiger partial charge in [-0.1, -0.05) is 0 Å². The van der Waals surface area contributed by atoms with Gasteiger partial charge in [-0.25, -0.2) is 0 Å². The molecule has 1 heterocycles. The third kappa shape index (κ3) is 9.74. The summed E-state index contributed by atoms with van der Waals surface area (Å²) in [5, 5.41) is 9.22. The van der Waals surface area contributed by atoms with Crippen LogP contribution in [0.4, 0.5) is 0 Å². The molecule has 9 rings (SSSR count). The molecule has 0 amide bonds. The van der Waals surface area contributed by atoms with Crippen LogP contribution in [0.5, 0.6) is 0 Å². The first-order valence-electron chi connectivity index (χ1n) is 28.3. The van der Waals surface area contributed by atoms with Crippen LogP contribution in [0.1, 0.15) is 95.0 Å². The van der Waals surface area contributed by atoms with E-state index in [1.807, 2.05) is 0 Å². The molecule has 1 aliphatic heterocycles. The number of benzene rings is 6. The number of fused-ring (bicyclic) bond motifs is 5. The topological polar surface area (TPSA) is 0 Å². The van der Waals surface area contributed by atoms with Crippen LogP contribution in [0.15, 0.2) is 114 Å². The molecule has 0 aromatic heterocycles. The second-order valence-electron chi connectivity index (χ2n) is 27.6. The van der Waals surface area contributed by atoms with Gasteiger partial charge in [0.2, 0.25) is 0 Å². The van der Waals surface area contributed by atoms with Crippen molar-refractivity contribution in [3.8, 4) is 33.4 Å². The predicted octanol–water partition coefficient (Wildman–Crippen LogP) is 15.4. The van der Waals surface area contributed by atoms with E-state index in [0.717, 1.165) is 25.7 Å². The summed E-state index contributed by atoms with van der Waals surface area (Å²) in [4.78, 5) is 0. The molecule has 0 bridgehead atoms. The molecule has 2 unspecified atom stereocenters. The average molecular weight is 1180 g/mol. The van der Waals surface area contributed by atoms with Gasteiger partial charge >= 0.3 is 468 Å². The van der Waals surface area contributed by atoms with Crippen LogP contribution in [0, 0.1) is 11.8 Å². The minimum absolute atomic E-state index is 0.129. The summed E-state index contributed by atoms with van der Waals surface area (Å²) in [5.74, 6) is 0.466. The summed E-state index contributed by atoms with van der Waals surface area (Å²) in [7, 11) is 11.8. The molecule has 0 N–H and O–H groups in total. The molecular formula is C66H87Cl2Si5Zr. The third-order valence-corrected chi connectivity index (χ3v) is 48.0. The molecule has 6 aromatic rings. The number of halogens is 2. The second-order valence-corrected chi connectivity index (χ2v) is 70.3. The van der Waals surface area contributed by atoms with Gasteiger partial charge in [-0.2, -0.15) is 0 Å². The Labute approximate surface area is 463 Å². The summed E-state index contributed by atoms with van der Waals surface area (Å²) in [6, 6.07) is 42.1. The van der Waals surface area contributed by atoms with Gasteiger partial charge in [0.05, 0.1) is 0 Å². The van der Waals surface area contributed by atoms with Crippen LogP contribution >= 0.6 is 17.0 Å². The Kier molecular flexibility index (Phi) is 15.1. The molecule has 2 atom stereocenters. The Bertz CT molecular complexity index is 3040. The normalized spacial score (nSPS) is 17.6. The number of rotatable bonds is 15. The fraction of sp³-hybridized carbons (Fsp3) is 0.394. The van der Waals surface area contributed by atoms with Crippen LogP contribution in [0.25, 0.3) is 45.5 Å². The van der Waals surface area contributed by atoms with Gasteiger partial charge in [-0.3, -0.25) is 0 Å². The van der Waals surface area contributed by atoms with Crippen molar-refractivity contribution in [2.24, 2.45) is 11.8 Å². The number of allylic oxidation sites excluding steroid dienone is 2. The van der Waals surface area contributed by atoms with Crippen LogP contribution < -0.4 is 34.4 Å². The van der Waals surface area contributed by atoms with Crippen molar-refractivity contribution >= 4 is 105 Å². The van der Waals surface area contributed by atoms with Gasteiger partial charge in [-0.05, 0) is 0 Å². The quantitative estimate of drug-likeness (QED) is 0.0898. The van der Waals surface area contributed by atoms with E-state index in [-0.39, 0.29) is 19.1 Å². The molecule has 0 fully saturated rings. The van der Waals surface area contributed by atoms with Crippen molar-refractivity contribution in [3.63, 3.8) is 0 Å². The van der Waals surface area contributed by atoms with Crippen molar-refractivity contribution in [3.05, 3.63) is 148 Å². The second kappa shape index (κ2) is 19.9. The van der Waals surface area contributed by atoms with Gasteiger partial charge < -0.3 is 0 Å². The zero-order valence-electron chi connectivity index (χ0n) is 48.6. The molecule has 3 aliphatic rings. The maximum atomic E-state index is 9.77. The zero-order chi connectivity index (χ0) is 53.9. The monoisotopic (exact) mass is 1180 g/mol. The summed E-state index contributed by atoms with van der Waals surface area (Å²) in [5.41, 5.74) is 19.6. The van der Waals surface area contributed by atoms with Crippen molar-refractivity contribution in [1.29, 1.82) is 0 Å². The van der Waals surface area contributed by atoms with Crippen LogP contribution in [0.2, 0.25) is 78.6 Å². The average Bonchev–Trinajstić information content (AvgIpc) is 4.03. The van der Waals surface area contributed by atoms with Crippen LogP contribution in [-0.2, 0) is 29.2 Å². The Morgan fingerprint density at radius 1 is 0.486 bits per heavy atom. The number of hydrogen-bond acceptors (Lipinski definition) is 0. The van der Waals surface area contributed by atoms with Crippen molar-refractivity contribution in [2.45, 2.75) is 153 Å². The molecule has 0 spiro atoms. The van der Waals surface area contributed by atoms with E-state index in [1.54, 1.807) is 20.7 Å². The summed E-state index contributed by atoms with van der Waals surface area (Å²) >= 11 is -5.87. The van der Waals surface area contributed by atoms with Gasteiger partial charge in [0.25, 0.3) is 0 Å². The summed E-state index contributed by atoms with van der Waals surface area (Å²) < 4.78 is 1.07. The van der Waals surface area contributed by atoms with Crippen molar-refractivity contribution in [1.82, 2.24) is 0 Å². The van der Waals surface area contributed by atoms with Crippen molar-refractivity contribution < 1.29 is 16.4 Å². The zero-order valence-corrected chi connectivity index (χ0v) is 58.0. The molecule has 0 radical (unpaired) electrons. The third-order valence-electron chi connectivity index (χ3n) is 17.3. The van der Waals surface area contributed by atoms with Gasteiger partial charge in [-0.15, -0.1) is 0 Å². The molecule has 0 saturated heterocycles. The Balaban J connectivity index is 1.42. The molecule has 389 valence electrons. The molecule has 6 aromatic carbocycles. The Morgan fingerprint density at radius 3 is 1.26 bits per heavy atom. The first-order chi connectivity index (χ1) is 34.5. The minimum atomic E-state index is -5.87. The summed E-state index contributed by atoms with van der Waals surface area (Å²) in [6.07, 6.45) is 9.53. The molecule has 0 saturated carbocycles. The van der Waals surface area contributed by atoms with E-state index in [9.17, 15) is 17.0 Å². The van der Waals surface area contributed by atoms with Crippen LogP contribution in [0.3, 0.4) is 0 Å². The first kappa shape index (κ1) is 56.1. The first-order valence-corrected chi connectivity index (χ1v) is 54.1. The molecular weight excluding hydrogens is 1100 g/mol. The molecule has 74 heavy (non-hydrogen) atoms. The Morgan fingerprint density at radius 2 is 0.878 bits per heavy atom. The molecule has 2 aliphatic carbocycles. The number of hydrogen-bond donors (Lipinski definition) is 0. The van der Waals surface area contributed by atoms with E-state index in [1.165, 1.54) is 91.6 Å². The standard InChI is InChI=1S/2C27H39Si2.C12H9Si.2ClH.Zr/c2*1-10-11-20-12-13-21-14-22(19(2)3)17-26(21)27(20)23-15-24(28(4,5)6)18-25(16-23)29(7,8)9;1-3-7-11-9(5-1)10-6-2-4-8-12(10)13-11;;;/h2*12-19H,10-11H2,1-9H3;1-7H,13H2;2*1H;/q;;;;;+2/p-2. The Hall–Kier alpha value is -2.65. The maximum absolute atomic E-state index is 9.77. The number of aryl methyl sites for hydroxylation is 2. The van der Waals surface area contributed by atoms with Crippen LogP contribution in [-0.4, -0.2) is 41.8 Å². The molecule has 8 heteroatoms. The van der Waals surface area contributed by atoms with Gasteiger partial charge in [0.15, 0.2) is 0 Å². The SMILES string of the molecule is CCCc1ccc2c(c1-c1cc([Si](C)(C)C)cc([Si](C)(C)C)c1)C=C(C(C)C)[CH]2[Zr]([Cl])([Cl])([c]1cccc2c1[SiH2]c1ccccc1-2)[CH]1C(C(C)C)=Cc2c1ccc(CCC)c2-c1cc([Si](C)(C)C)cc([Si](C)(C)C)c1. The fourth-order valence-corrected chi connectivity index (χ4v) is 46.4. The van der Waals surface area contributed by atoms with E-state index in [2.05, 4.69) is 235 Å². The van der Waals surface area contributed by atoms with Gasteiger partial charge in [0, 0.05) is 0 Å². The molecule has 0 nitrogen and oxygen atoms in total. The van der Waals surface area contributed by atoms with Crippen molar-refractivity contribution in [2.75, 3.05) is 0 Å². The van der Waals surface area contributed by atoms with E-state index < -0.39 is 58.2 Å². The van der Waals surface area contributed by atoms with E-state index in [4.69, 9.17) is 0 Å². The van der Waals surface area contributed by atoms with E-state index >= 15 is 0 Å². The van der Waals surface area contributed by atoms with E-state index in [0.29, 0.717) is 0 Å². The summed E-state index contributed by atoms with van der Waals surface area (Å²) in [6.45, 7) is 44.6.